The Kier molecular flexibility index (Phi) is 6.52. The van der Waals surface area contributed by atoms with Crippen LogP contribution in [0.15, 0.2) is 24.3 Å². The molecule has 0 bridgehead atoms. The van der Waals surface area contributed by atoms with Crippen LogP contribution in [0.4, 0.5) is 11.4 Å². The zero-order valence-electron chi connectivity index (χ0n) is 12.0. The quantitative estimate of drug-likeness (QED) is 0.640. The summed E-state index contributed by atoms with van der Waals surface area (Å²) in [6, 6.07) is 6.99. The Morgan fingerprint density at radius 2 is 1.85 bits per heavy atom. The average Bonchev–Trinajstić information content (AvgIpc) is 2.45. The van der Waals surface area contributed by atoms with Gasteiger partial charge in [-0.1, -0.05) is 6.92 Å². The van der Waals surface area contributed by atoms with E-state index in [1.807, 2.05) is 11.8 Å². The Bertz CT molecular complexity index is 445. The van der Waals surface area contributed by atoms with Gasteiger partial charge in [0.2, 0.25) is 11.8 Å². The van der Waals surface area contributed by atoms with Crippen LogP contribution in [0.2, 0.25) is 0 Å². The molecule has 0 atom stereocenters. The summed E-state index contributed by atoms with van der Waals surface area (Å²) in [5, 5.41) is 5.36. The van der Waals surface area contributed by atoms with Gasteiger partial charge >= 0.3 is 0 Å². The maximum absolute atomic E-state index is 11.8. The second-order valence-electron chi connectivity index (χ2n) is 4.46. The van der Waals surface area contributed by atoms with Gasteiger partial charge in [-0.15, -0.1) is 0 Å². The van der Waals surface area contributed by atoms with E-state index in [0.29, 0.717) is 25.2 Å². The fraction of sp³-hybridized carbons (Fsp3) is 0.429. The summed E-state index contributed by atoms with van der Waals surface area (Å²) in [5.74, 6) is -0.129. The van der Waals surface area contributed by atoms with Gasteiger partial charge in [0.1, 0.15) is 0 Å². The largest absolute Gasteiger partial charge is 0.399 e. The zero-order chi connectivity index (χ0) is 15.0. The fourth-order valence-corrected chi connectivity index (χ4v) is 1.68. The van der Waals surface area contributed by atoms with Crippen LogP contribution in [0.1, 0.15) is 13.3 Å². The number of hydrogen-bond donors (Lipinski definition) is 3. The molecule has 0 aromatic heterocycles. The number of nitrogen functional groups attached to an aromatic ring is 1. The van der Waals surface area contributed by atoms with Crippen molar-refractivity contribution in [2.24, 2.45) is 0 Å². The summed E-state index contributed by atoms with van der Waals surface area (Å²) in [6.07, 6.45) is 0.342. The van der Waals surface area contributed by atoms with Gasteiger partial charge in [-0.25, -0.2) is 0 Å². The Morgan fingerprint density at radius 3 is 2.40 bits per heavy atom. The first-order chi connectivity index (χ1) is 9.55. The van der Waals surface area contributed by atoms with Gasteiger partial charge in [-0.05, 0) is 30.8 Å². The van der Waals surface area contributed by atoms with Crippen LogP contribution >= 0.6 is 0 Å². The van der Waals surface area contributed by atoms with Crippen molar-refractivity contribution < 1.29 is 9.59 Å². The Morgan fingerprint density at radius 1 is 1.20 bits per heavy atom. The van der Waals surface area contributed by atoms with E-state index in [9.17, 15) is 9.59 Å². The molecule has 6 nitrogen and oxygen atoms in total. The number of hydrogen-bond acceptors (Lipinski definition) is 4. The second kappa shape index (κ2) is 8.16. The number of nitrogens with one attached hydrogen (secondary N) is 2. The summed E-state index contributed by atoms with van der Waals surface area (Å²) in [5.41, 5.74) is 6.96. The number of rotatable bonds is 7. The lowest BCUT2D eigenvalue weighted by molar-refractivity contribution is -0.122. The minimum absolute atomic E-state index is 0.0502. The lowest BCUT2D eigenvalue weighted by atomic mass is 10.2. The van der Waals surface area contributed by atoms with Crippen molar-refractivity contribution in [2.75, 3.05) is 37.7 Å². The predicted molar refractivity (Wildman–Crippen MR) is 80.3 cm³/mol. The van der Waals surface area contributed by atoms with E-state index in [4.69, 9.17) is 5.73 Å². The SMILES string of the molecule is CCN(CCC(=O)Nc1ccc(N)cc1)CC(=O)NC. The molecule has 1 aromatic rings. The van der Waals surface area contributed by atoms with E-state index in [-0.39, 0.29) is 11.8 Å². The normalized spacial score (nSPS) is 10.3. The van der Waals surface area contributed by atoms with Crippen molar-refractivity contribution in [3.8, 4) is 0 Å². The molecule has 0 saturated carbocycles. The minimum Gasteiger partial charge on any atom is -0.399 e. The average molecular weight is 278 g/mol. The topological polar surface area (TPSA) is 87.5 Å². The zero-order valence-corrected chi connectivity index (χ0v) is 12.0. The number of likely N-dealkylation sites (N-methyl/N-ethyl adjacent to an activating group) is 2. The molecular formula is C14H22N4O2. The lowest BCUT2D eigenvalue weighted by Crippen LogP contribution is -2.37. The highest BCUT2D eigenvalue weighted by Crippen LogP contribution is 2.10. The highest BCUT2D eigenvalue weighted by Gasteiger charge is 2.10. The number of anilines is 2. The van der Waals surface area contributed by atoms with Crippen molar-refractivity contribution in [3.05, 3.63) is 24.3 Å². The van der Waals surface area contributed by atoms with Gasteiger partial charge in [0.05, 0.1) is 6.54 Å². The third-order valence-corrected chi connectivity index (χ3v) is 2.94. The molecule has 0 unspecified atom stereocenters. The van der Waals surface area contributed by atoms with Crippen molar-refractivity contribution in [3.63, 3.8) is 0 Å². The molecule has 0 spiro atoms. The van der Waals surface area contributed by atoms with Gasteiger partial charge in [0.15, 0.2) is 0 Å². The monoisotopic (exact) mass is 278 g/mol. The van der Waals surface area contributed by atoms with Crippen molar-refractivity contribution >= 4 is 23.2 Å². The first kappa shape index (κ1) is 16.0. The third-order valence-electron chi connectivity index (χ3n) is 2.94. The molecule has 0 aliphatic heterocycles. The molecule has 0 heterocycles. The number of amides is 2. The number of nitrogens with two attached hydrogens (primary N) is 1. The smallest absolute Gasteiger partial charge is 0.233 e. The predicted octanol–water partition coefficient (Wildman–Crippen LogP) is 0.665. The molecule has 0 saturated heterocycles. The van der Waals surface area contributed by atoms with Gasteiger partial charge in [0, 0.05) is 31.4 Å². The molecule has 110 valence electrons. The standard InChI is InChI=1S/C14H22N4O2/c1-3-18(10-14(20)16-2)9-8-13(19)17-12-6-4-11(15)5-7-12/h4-7H,3,8-10,15H2,1-2H3,(H,16,20)(H,17,19). The molecule has 1 rings (SSSR count). The summed E-state index contributed by atoms with van der Waals surface area (Å²) in [6.45, 7) is 3.54. The first-order valence-electron chi connectivity index (χ1n) is 6.63. The molecular weight excluding hydrogens is 256 g/mol. The van der Waals surface area contributed by atoms with E-state index in [1.54, 1.807) is 31.3 Å². The first-order valence-corrected chi connectivity index (χ1v) is 6.63. The lowest BCUT2D eigenvalue weighted by Gasteiger charge is -2.18. The summed E-state index contributed by atoms with van der Waals surface area (Å²) in [4.78, 5) is 25.0. The maximum Gasteiger partial charge on any atom is 0.233 e. The van der Waals surface area contributed by atoms with Crippen molar-refractivity contribution in [1.82, 2.24) is 10.2 Å². The molecule has 0 aliphatic rings. The Hall–Kier alpha value is -2.08. The maximum atomic E-state index is 11.8. The summed E-state index contributed by atoms with van der Waals surface area (Å²) >= 11 is 0. The van der Waals surface area contributed by atoms with E-state index >= 15 is 0 Å². The number of nitrogens with zero attached hydrogens (tertiary/aromatic N) is 1. The van der Waals surface area contributed by atoms with Crippen molar-refractivity contribution in [2.45, 2.75) is 13.3 Å². The summed E-state index contributed by atoms with van der Waals surface area (Å²) < 4.78 is 0. The van der Waals surface area contributed by atoms with E-state index in [1.165, 1.54) is 0 Å². The Balaban J connectivity index is 2.38. The van der Waals surface area contributed by atoms with E-state index in [2.05, 4.69) is 10.6 Å². The number of carbonyl (C=O) groups is 2. The van der Waals surface area contributed by atoms with Gasteiger partial charge in [-0.3, -0.25) is 14.5 Å². The molecule has 1 aromatic carbocycles. The molecule has 0 radical (unpaired) electrons. The molecule has 2 amide bonds. The highest BCUT2D eigenvalue weighted by atomic mass is 16.2. The number of carbonyl (C=O) groups excluding carboxylic acids is 2. The third kappa shape index (κ3) is 5.71. The summed E-state index contributed by atoms with van der Waals surface area (Å²) in [7, 11) is 1.60. The molecule has 0 aliphatic carbocycles. The highest BCUT2D eigenvalue weighted by molar-refractivity contribution is 5.91. The number of benzene rings is 1. The fourth-order valence-electron chi connectivity index (χ4n) is 1.68. The molecule has 20 heavy (non-hydrogen) atoms. The Labute approximate surface area is 119 Å². The molecule has 0 fully saturated rings. The van der Waals surface area contributed by atoms with Crippen LogP contribution in [-0.4, -0.2) is 43.4 Å². The van der Waals surface area contributed by atoms with Gasteiger partial charge < -0.3 is 16.4 Å². The van der Waals surface area contributed by atoms with E-state index < -0.39 is 0 Å². The van der Waals surface area contributed by atoms with Crippen LogP contribution in [-0.2, 0) is 9.59 Å². The van der Waals surface area contributed by atoms with Gasteiger partial charge in [0.25, 0.3) is 0 Å². The van der Waals surface area contributed by atoms with Crippen LogP contribution in [0.5, 0.6) is 0 Å². The second-order valence-corrected chi connectivity index (χ2v) is 4.46. The van der Waals surface area contributed by atoms with Crippen molar-refractivity contribution in [1.29, 1.82) is 0 Å². The molecule has 6 heteroatoms. The van der Waals surface area contributed by atoms with Crippen LogP contribution in [0.25, 0.3) is 0 Å². The van der Waals surface area contributed by atoms with Crippen LogP contribution in [0, 0.1) is 0 Å². The van der Waals surface area contributed by atoms with Crippen LogP contribution < -0.4 is 16.4 Å². The van der Waals surface area contributed by atoms with E-state index in [0.717, 1.165) is 12.2 Å². The minimum atomic E-state index is -0.0786. The molecule has 4 N–H and O–H groups in total. The van der Waals surface area contributed by atoms with Gasteiger partial charge in [-0.2, -0.15) is 0 Å². The van der Waals surface area contributed by atoms with Crippen LogP contribution in [0.3, 0.4) is 0 Å².